The van der Waals surface area contributed by atoms with Gasteiger partial charge in [-0.15, -0.1) is 0 Å². The number of nitrogen functional groups attached to an aromatic ring is 1. The summed E-state index contributed by atoms with van der Waals surface area (Å²) >= 11 is 0. The molecule has 1 amide bonds. The highest BCUT2D eigenvalue weighted by Crippen LogP contribution is 2.31. The van der Waals surface area contributed by atoms with E-state index in [9.17, 15) is 4.79 Å². The number of aryl methyl sites for hydroxylation is 1. The van der Waals surface area contributed by atoms with Gasteiger partial charge in [-0.2, -0.15) is 0 Å². The molecule has 0 spiro atoms. The standard InChI is InChI=1S/C23H25N5O/c1-4-14(3)25-23(29)19-20-22(27-18-12-7-6-11-17(18)26-20)28(21(19)24)16-10-8-9-15(5-2)13-16/h6-14H,4-5,24H2,1-3H3,(H,25,29). The van der Waals surface area contributed by atoms with Crippen LogP contribution in [0.1, 0.15) is 43.1 Å². The Morgan fingerprint density at radius 1 is 1.10 bits per heavy atom. The van der Waals surface area contributed by atoms with Gasteiger partial charge >= 0.3 is 0 Å². The number of carbonyl (C=O) groups excluding carboxylic acids is 1. The van der Waals surface area contributed by atoms with Crippen LogP contribution in [0.25, 0.3) is 27.9 Å². The van der Waals surface area contributed by atoms with E-state index < -0.39 is 0 Å². The molecule has 2 aromatic heterocycles. The highest BCUT2D eigenvalue weighted by atomic mass is 16.1. The fraction of sp³-hybridized carbons (Fsp3) is 0.261. The van der Waals surface area contributed by atoms with E-state index >= 15 is 0 Å². The predicted octanol–water partition coefficient (Wildman–Crippen LogP) is 4.25. The van der Waals surface area contributed by atoms with Gasteiger partial charge in [-0.3, -0.25) is 9.36 Å². The van der Waals surface area contributed by atoms with Gasteiger partial charge in [0.2, 0.25) is 0 Å². The van der Waals surface area contributed by atoms with Crippen molar-refractivity contribution < 1.29 is 4.79 Å². The summed E-state index contributed by atoms with van der Waals surface area (Å²) in [4.78, 5) is 22.7. The minimum Gasteiger partial charge on any atom is -0.384 e. The quantitative estimate of drug-likeness (QED) is 0.536. The molecule has 4 aromatic rings. The monoisotopic (exact) mass is 387 g/mol. The fourth-order valence-corrected chi connectivity index (χ4v) is 3.46. The van der Waals surface area contributed by atoms with Gasteiger partial charge in [-0.25, -0.2) is 9.97 Å². The van der Waals surface area contributed by atoms with Crippen molar-refractivity contribution >= 4 is 33.9 Å². The zero-order valence-electron chi connectivity index (χ0n) is 16.9. The molecule has 6 heteroatoms. The summed E-state index contributed by atoms with van der Waals surface area (Å²) in [6, 6.07) is 15.8. The number of benzene rings is 2. The highest BCUT2D eigenvalue weighted by Gasteiger charge is 2.25. The molecule has 0 aliphatic carbocycles. The van der Waals surface area contributed by atoms with E-state index in [4.69, 9.17) is 15.7 Å². The van der Waals surface area contributed by atoms with E-state index in [-0.39, 0.29) is 11.9 Å². The van der Waals surface area contributed by atoms with Gasteiger partial charge in [0, 0.05) is 11.7 Å². The molecule has 148 valence electrons. The number of amides is 1. The first-order valence-electron chi connectivity index (χ1n) is 10.00. The molecular weight excluding hydrogens is 362 g/mol. The number of nitrogens with one attached hydrogen (secondary N) is 1. The summed E-state index contributed by atoms with van der Waals surface area (Å²) in [5.41, 5.74) is 11.6. The summed E-state index contributed by atoms with van der Waals surface area (Å²) < 4.78 is 1.83. The number of hydrogen-bond acceptors (Lipinski definition) is 4. The number of aromatic nitrogens is 3. The number of nitrogens with two attached hydrogens (primary N) is 1. The van der Waals surface area contributed by atoms with Gasteiger partial charge in [0.05, 0.1) is 11.0 Å². The Bertz CT molecular complexity index is 1210. The minimum absolute atomic E-state index is 0.0390. The van der Waals surface area contributed by atoms with Gasteiger partial charge in [0.25, 0.3) is 5.91 Å². The van der Waals surface area contributed by atoms with Crippen molar-refractivity contribution in [3.05, 3.63) is 59.7 Å². The lowest BCUT2D eigenvalue weighted by Crippen LogP contribution is -2.32. The van der Waals surface area contributed by atoms with Crippen LogP contribution in [0.3, 0.4) is 0 Å². The third-order valence-corrected chi connectivity index (χ3v) is 5.29. The maximum absolute atomic E-state index is 13.1. The molecule has 0 fully saturated rings. The SMILES string of the molecule is CCc1cccc(-n2c(N)c(C(=O)NC(C)CC)c3nc4ccccc4nc32)c1. The van der Waals surface area contributed by atoms with Crippen molar-refractivity contribution in [1.29, 1.82) is 0 Å². The van der Waals surface area contributed by atoms with Crippen LogP contribution in [0, 0.1) is 0 Å². The third kappa shape index (κ3) is 3.31. The normalized spacial score (nSPS) is 12.4. The van der Waals surface area contributed by atoms with Gasteiger partial charge in [0.1, 0.15) is 16.9 Å². The summed E-state index contributed by atoms with van der Waals surface area (Å²) in [5, 5.41) is 3.01. The Hall–Kier alpha value is -3.41. The van der Waals surface area contributed by atoms with E-state index in [0.717, 1.165) is 29.6 Å². The van der Waals surface area contributed by atoms with Crippen LogP contribution in [0.15, 0.2) is 48.5 Å². The van der Waals surface area contributed by atoms with Crippen LogP contribution in [0.2, 0.25) is 0 Å². The van der Waals surface area contributed by atoms with Crippen LogP contribution in [-0.2, 0) is 6.42 Å². The number of para-hydroxylation sites is 2. The molecule has 4 rings (SSSR count). The molecule has 0 radical (unpaired) electrons. The first kappa shape index (κ1) is 18.9. The largest absolute Gasteiger partial charge is 0.384 e. The number of nitrogens with zero attached hydrogens (tertiary/aromatic N) is 3. The zero-order valence-corrected chi connectivity index (χ0v) is 16.9. The smallest absolute Gasteiger partial charge is 0.257 e. The summed E-state index contributed by atoms with van der Waals surface area (Å²) in [7, 11) is 0. The van der Waals surface area contributed by atoms with Crippen LogP contribution < -0.4 is 11.1 Å². The fourth-order valence-electron chi connectivity index (χ4n) is 3.46. The lowest BCUT2D eigenvalue weighted by molar-refractivity contribution is 0.0941. The Morgan fingerprint density at radius 2 is 1.83 bits per heavy atom. The lowest BCUT2D eigenvalue weighted by Gasteiger charge is -2.12. The van der Waals surface area contributed by atoms with Crippen LogP contribution in [0.4, 0.5) is 5.82 Å². The minimum atomic E-state index is -0.225. The predicted molar refractivity (Wildman–Crippen MR) is 117 cm³/mol. The third-order valence-electron chi connectivity index (χ3n) is 5.29. The van der Waals surface area contributed by atoms with Crippen molar-refractivity contribution in [1.82, 2.24) is 19.9 Å². The maximum Gasteiger partial charge on any atom is 0.257 e. The molecule has 1 atom stereocenters. The summed E-state index contributed by atoms with van der Waals surface area (Å²) in [6.07, 6.45) is 1.74. The van der Waals surface area contributed by atoms with Crippen molar-refractivity contribution in [2.24, 2.45) is 0 Å². The van der Waals surface area contributed by atoms with Crippen LogP contribution in [-0.4, -0.2) is 26.5 Å². The molecule has 1 unspecified atom stereocenters. The second-order valence-corrected chi connectivity index (χ2v) is 7.29. The van der Waals surface area contributed by atoms with Crippen molar-refractivity contribution in [2.75, 3.05) is 5.73 Å². The van der Waals surface area contributed by atoms with Gasteiger partial charge < -0.3 is 11.1 Å². The van der Waals surface area contributed by atoms with Gasteiger partial charge in [-0.05, 0) is 49.6 Å². The Kier molecular flexibility index (Phi) is 4.92. The Labute approximate surface area is 169 Å². The first-order chi connectivity index (χ1) is 14.0. The number of rotatable bonds is 5. The molecule has 2 aromatic carbocycles. The topological polar surface area (TPSA) is 85.8 Å². The number of fused-ring (bicyclic) bond motifs is 2. The number of carbonyl (C=O) groups is 1. The molecule has 0 bridgehead atoms. The van der Waals surface area contributed by atoms with E-state index in [1.807, 2.05) is 54.8 Å². The highest BCUT2D eigenvalue weighted by molar-refractivity contribution is 6.11. The second kappa shape index (κ2) is 7.54. The zero-order chi connectivity index (χ0) is 20.5. The maximum atomic E-state index is 13.1. The summed E-state index contributed by atoms with van der Waals surface area (Å²) in [6.45, 7) is 6.11. The molecule has 0 aliphatic heterocycles. The van der Waals surface area contributed by atoms with Crippen LogP contribution >= 0.6 is 0 Å². The molecule has 0 aliphatic rings. The molecule has 29 heavy (non-hydrogen) atoms. The van der Waals surface area contributed by atoms with Crippen LogP contribution in [0.5, 0.6) is 0 Å². The lowest BCUT2D eigenvalue weighted by atomic mass is 10.1. The van der Waals surface area contributed by atoms with Crippen molar-refractivity contribution in [3.63, 3.8) is 0 Å². The van der Waals surface area contributed by atoms with E-state index in [0.29, 0.717) is 22.5 Å². The second-order valence-electron chi connectivity index (χ2n) is 7.29. The average Bonchev–Trinajstić information content (AvgIpc) is 3.02. The Balaban J connectivity index is 2.02. The van der Waals surface area contributed by atoms with Gasteiger partial charge in [0.15, 0.2) is 5.65 Å². The van der Waals surface area contributed by atoms with Gasteiger partial charge in [-0.1, -0.05) is 38.1 Å². The molecule has 0 saturated heterocycles. The Morgan fingerprint density at radius 3 is 2.52 bits per heavy atom. The molecule has 0 saturated carbocycles. The number of anilines is 1. The van der Waals surface area contributed by atoms with Crippen molar-refractivity contribution in [2.45, 2.75) is 39.7 Å². The molecule has 2 heterocycles. The number of hydrogen-bond donors (Lipinski definition) is 2. The molecule has 6 nitrogen and oxygen atoms in total. The first-order valence-corrected chi connectivity index (χ1v) is 10.00. The van der Waals surface area contributed by atoms with E-state index in [1.54, 1.807) is 0 Å². The average molecular weight is 387 g/mol. The summed E-state index contributed by atoms with van der Waals surface area (Å²) in [5.74, 6) is 0.126. The molecular formula is C23H25N5O. The van der Waals surface area contributed by atoms with E-state index in [2.05, 4.69) is 24.4 Å². The van der Waals surface area contributed by atoms with Crippen molar-refractivity contribution in [3.8, 4) is 5.69 Å². The van der Waals surface area contributed by atoms with E-state index in [1.165, 1.54) is 5.56 Å². The molecule has 3 N–H and O–H groups in total.